The third-order valence-corrected chi connectivity index (χ3v) is 2.61. The fraction of sp³-hybridized carbons (Fsp3) is 0. The fourth-order valence-electron chi connectivity index (χ4n) is 1.40. The van der Waals surface area contributed by atoms with Crippen molar-refractivity contribution >= 4 is 40.6 Å². The van der Waals surface area contributed by atoms with Gasteiger partial charge in [-0.3, -0.25) is 4.79 Å². The molecule has 0 aliphatic rings. The summed E-state index contributed by atoms with van der Waals surface area (Å²) in [6, 6.07) is 2.63. The Bertz CT molecular complexity index is 676. The molecule has 104 valence electrons. The summed E-state index contributed by atoms with van der Waals surface area (Å²) >= 11 is 11.2. The number of hydrogen-bond acceptors (Lipinski definition) is 4. The summed E-state index contributed by atoms with van der Waals surface area (Å²) in [5.74, 6) is -3.12. The van der Waals surface area contributed by atoms with Crippen LogP contribution in [0.25, 0.3) is 0 Å². The molecule has 1 aromatic heterocycles. The highest BCUT2D eigenvalue weighted by atomic mass is 35.5. The van der Waals surface area contributed by atoms with E-state index in [-0.39, 0.29) is 27.5 Å². The Morgan fingerprint density at radius 2 is 1.80 bits per heavy atom. The summed E-state index contributed by atoms with van der Waals surface area (Å²) in [5.41, 5.74) is 5.00. The standard InChI is InChI=1S/C11H6Cl2F2N4O/c12-8-3-9(19-11(13)17-8)18-10(20)4-1-5(14)6(15)2-7(4)16/h1-3H,16H2,(H,17,18,19,20). The van der Waals surface area contributed by atoms with Crippen LogP contribution in [0.5, 0.6) is 0 Å². The molecular weight excluding hydrogens is 313 g/mol. The maximum Gasteiger partial charge on any atom is 0.259 e. The van der Waals surface area contributed by atoms with Gasteiger partial charge in [-0.2, -0.15) is 0 Å². The largest absolute Gasteiger partial charge is 0.398 e. The highest BCUT2D eigenvalue weighted by Gasteiger charge is 2.15. The zero-order valence-electron chi connectivity index (χ0n) is 9.62. The van der Waals surface area contributed by atoms with Gasteiger partial charge in [-0.05, 0) is 17.7 Å². The van der Waals surface area contributed by atoms with E-state index in [0.717, 1.165) is 0 Å². The summed E-state index contributed by atoms with van der Waals surface area (Å²) in [7, 11) is 0. The van der Waals surface area contributed by atoms with E-state index in [4.69, 9.17) is 28.9 Å². The molecular formula is C11H6Cl2F2N4O. The van der Waals surface area contributed by atoms with E-state index in [1.54, 1.807) is 0 Å². The smallest absolute Gasteiger partial charge is 0.259 e. The van der Waals surface area contributed by atoms with Gasteiger partial charge in [-0.25, -0.2) is 18.7 Å². The van der Waals surface area contributed by atoms with Crippen molar-refractivity contribution in [3.63, 3.8) is 0 Å². The third kappa shape index (κ3) is 3.12. The molecule has 9 heteroatoms. The quantitative estimate of drug-likeness (QED) is 0.507. The van der Waals surface area contributed by atoms with Crippen molar-refractivity contribution < 1.29 is 13.6 Å². The zero-order valence-corrected chi connectivity index (χ0v) is 11.1. The molecule has 5 nitrogen and oxygen atoms in total. The van der Waals surface area contributed by atoms with Gasteiger partial charge in [0.2, 0.25) is 5.28 Å². The van der Waals surface area contributed by atoms with Crippen molar-refractivity contribution in [3.05, 3.63) is 45.8 Å². The van der Waals surface area contributed by atoms with E-state index in [9.17, 15) is 13.6 Å². The second kappa shape index (κ2) is 5.56. The molecule has 0 aliphatic carbocycles. The first-order valence-corrected chi connectivity index (χ1v) is 5.88. The average Bonchev–Trinajstić information content (AvgIpc) is 2.32. The summed E-state index contributed by atoms with van der Waals surface area (Å²) in [4.78, 5) is 19.2. The van der Waals surface area contributed by atoms with Gasteiger partial charge in [-0.1, -0.05) is 11.6 Å². The zero-order chi connectivity index (χ0) is 14.9. The Morgan fingerprint density at radius 3 is 2.45 bits per heavy atom. The van der Waals surface area contributed by atoms with Crippen molar-refractivity contribution in [1.29, 1.82) is 0 Å². The van der Waals surface area contributed by atoms with Gasteiger partial charge < -0.3 is 11.1 Å². The van der Waals surface area contributed by atoms with Crippen LogP contribution in [0.1, 0.15) is 10.4 Å². The lowest BCUT2D eigenvalue weighted by Gasteiger charge is -2.08. The number of amides is 1. The number of aromatic nitrogens is 2. The molecule has 1 aromatic carbocycles. The molecule has 0 saturated heterocycles. The van der Waals surface area contributed by atoms with Gasteiger partial charge in [0, 0.05) is 17.8 Å². The second-order valence-corrected chi connectivity index (χ2v) is 4.38. The topological polar surface area (TPSA) is 80.9 Å². The van der Waals surface area contributed by atoms with Crippen LogP contribution < -0.4 is 11.1 Å². The molecule has 0 saturated carbocycles. The summed E-state index contributed by atoms with van der Waals surface area (Å²) in [6.07, 6.45) is 0. The Hall–Kier alpha value is -1.99. The average molecular weight is 319 g/mol. The first-order valence-electron chi connectivity index (χ1n) is 5.13. The first kappa shape index (κ1) is 14.4. The fourth-order valence-corrected chi connectivity index (χ4v) is 1.81. The number of carbonyl (C=O) groups excluding carboxylic acids is 1. The Balaban J connectivity index is 2.30. The number of nitrogens with zero attached hydrogens (tertiary/aromatic N) is 2. The minimum atomic E-state index is -1.19. The van der Waals surface area contributed by atoms with Gasteiger partial charge in [0.05, 0.1) is 5.56 Å². The predicted molar refractivity (Wildman–Crippen MR) is 70.8 cm³/mol. The number of carbonyl (C=O) groups is 1. The molecule has 2 rings (SSSR count). The van der Waals surface area contributed by atoms with Crippen molar-refractivity contribution in [2.45, 2.75) is 0 Å². The van der Waals surface area contributed by atoms with E-state index in [2.05, 4.69) is 15.3 Å². The molecule has 2 aromatic rings. The Labute approximate surface area is 121 Å². The monoisotopic (exact) mass is 318 g/mol. The molecule has 20 heavy (non-hydrogen) atoms. The summed E-state index contributed by atoms with van der Waals surface area (Å²) in [6.45, 7) is 0. The maximum atomic E-state index is 13.1. The highest BCUT2D eigenvalue weighted by Crippen LogP contribution is 2.20. The van der Waals surface area contributed by atoms with Crippen LogP contribution in [-0.2, 0) is 0 Å². The molecule has 0 fully saturated rings. The minimum absolute atomic E-state index is 0.00383. The molecule has 1 heterocycles. The van der Waals surface area contributed by atoms with Crippen LogP contribution in [0.3, 0.4) is 0 Å². The molecule has 1 amide bonds. The van der Waals surface area contributed by atoms with Crippen LogP contribution in [0.4, 0.5) is 20.3 Å². The molecule has 0 bridgehead atoms. The lowest BCUT2D eigenvalue weighted by Crippen LogP contribution is -2.16. The van der Waals surface area contributed by atoms with Gasteiger partial charge in [0.1, 0.15) is 11.0 Å². The van der Waals surface area contributed by atoms with E-state index < -0.39 is 17.5 Å². The number of hydrogen-bond donors (Lipinski definition) is 2. The summed E-state index contributed by atoms with van der Waals surface area (Å²) < 4.78 is 26.0. The first-order chi connectivity index (χ1) is 9.36. The number of nitrogen functional groups attached to an aromatic ring is 1. The number of nitrogens with one attached hydrogen (secondary N) is 1. The molecule has 3 N–H and O–H groups in total. The lowest BCUT2D eigenvalue weighted by atomic mass is 10.1. The SMILES string of the molecule is Nc1cc(F)c(F)cc1C(=O)Nc1cc(Cl)nc(Cl)n1. The summed E-state index contributed by atoms with van der Waals surface area (Å²) in [5, 5.41) is 2.14. The van der Waals surface area contributed by atoms with Crippen LogP contribution in [0.2, 0.25) is 10.4 Å². The highest BCUT2D eigenvalue weighted by molar-refractivity contribution is 6.32. The van der Waals surface area contributed by atoms with Crippen LogP contribution >= 0.6 is 23.2 Å². The van der Waals surface area contributed by atoms with E-state index in [0.29, 0.717) is 12.1 Å². The number of halogens is 4. The van der Waals surface area contributed by atoms with E-state index in [1.807, 2.05) is 0 Å². The molecule has 0 radical (unpaired) electrons. The van der Waals surface area contributed by atoms with Crippen molar-refractivity contribution in [2.75, 3.05) is 11.1 Å². The molecule has 0 aliphatic heterocycles. The lowest BCUT2D eigenvalue weighted by molar-refractivity contribution is 0.102. The van der Waals surface area contributed by atoms with Crippen molar-refractivity contribution in [3.8, 4) is 0 Å². The second-order valence-electron chi connectivity index (χ2n) is 3.65. The maximum absolute atomic E-state index is 13.1. The van der Waals surface area contributed by atoms with Gasteiger partial charge in [0.25, 0.3) is 5.91 Å². The van der Waals surface area contributed by atoms with Gasteiger partial charge in [-0.15, -0.1) is 0 Å². The van der Waals surface area contributed by atoms with Crippen LogP contribution in [0, 0.1) is 11.6 Å². The molecule has 0 spiro atoms. The van der Waals surface area contributed by atoms with Crippen LogP contribution in [0.15, 0.2) is 18.2 Å². The van der Waals surface area contributed by atoms with E-state index >= 15 is 0 Å². The predicted octanol–water partition coefficient (Wildman–Crippen LogP) is 2.90. The number of anilines is 2. The van der Waals surface area contributed by atoms with Crippen molar-refractivity contribution in [2.24, 2.45) is 0 Å². The molecule has 0 unspecified atom stereocenters. The number of benzene rings is 1. The van der Waals surface area contributed by atoms with Crippen molar-refractivity contribution in [1.82, 2.24) is 9.97 Å². The number of rotatable bonds is 2. The normalized spacial score (nSPS) is 10.4. The Morgan fingerprint density at radius 1 is 1.15 bits per heavy atom. The van der Waals surface area contributed by atoms with Crippen LogP contribution in [-0.4, -0.2) is 15.9 Å². The minimum Gasteiger partial charge on any atom is -0.398 e. The van der Waals surface area contributed by atoms with Gasteiger partial charge in [0.15, 0.2) is 11.6 Å². The van der Waals surface area contributed by atoms with E-state index in [1.165, 1.54) is 6.07 Å². The molecule has 0 atom stereocenters. The van der Waals surface area contributed by atoms with Gasteiger partial charge >= 0.3 is 0 Å². The third-order valence-electron chi connectivity index (χ3n) is 2.25. The number of nitrogens with two attached hydrogens (primary N) is 1. The Kier molecular flexibility index (Phi) is 4.01.